The molecule has 96 valence electrons. The third-order valence-electron chi connectivity index (χ3n) is 3.74. The highest BCUT2D eigenvalue weighted by molar-refractivity contribution is 5.16. The predicted octanol–water partition coefficient (Wildman–Crippen LogP) is 2.21. The Morgan fingerprint density at radius 2 is 1.82 bits per heavy atom. The van der Waals surface area contributed by atoms with Gasteiger partial charge in [0, 0.05) is 11.6 Å². The largest absolute Gasteiger partial charge is 0.618 e. The second-order valence-corrected chi connectivity index (χ2v) is 5.44. The fraction of sp³-hybridized carbons (Fsp3) is 0.643. The molecule has 1 rings (SSSR count). The van der Waals surface area contributed by atoms with Gasteiger partial charge in [0.2, 0.25) is 0 Å². The van der Waals surface area contributed by atoms with Gasteiger partial charge in [-0.15, -0.1) is 0 Å². The molecule has 3 heteroatoms. The topological polar surface area (TPSA) is 47.2 Å². The van der Waals surface area contributed by atoms with Crippen molar-refractivity contribution in [1.29, 1.82) is 0 Å². The maximum Gasteiger partial charge on any atom is 0.198 e. The van der Waals surface area contributed by atoms with Crippen molar-refractivity contribution in [2.24, 2.45) is 11.8 Å². The normalized spacial score (nSPS) is 12.5. The lowest BCUT2D eigenvalue weighted by Crippen LogP contribution is -2.47. The summed E-state index contributed by atoms with van der Waals surface area (Å²) in [5.41, 5.74) is 0.762. The molecule has 17 heavy (non-hydrogen) atoms. The average Bonchev–Trinajstić information content (AvgIpc) is 2.22. The molecule has 0 aliphatic heterocycles. The first-order valence-electron chi connectivity index (χ1n) is 6.19. The third-order valence-corrected chi connectivity index (χ3v) is 3.74. The Morgan fingerprint density at radius 3 is 2.24 bits per heavy atom. The van der Waals surface area contributed by atoms with Gasteiger partial charge >= 0.3 is 0 Å². The lowest BCUT2D eigenvalue weighted by atomic mass is 9.76. The summed E-state index contributed by atoms with van der Waals surface area (Å²) in [6.45, 7) is 9.88. The second-order valence-electron chi connectivity index (χ2n) is 5.44. The van der Waals surface area contributed by atoms with Crippen LogP contribution in [0.15, 0.2) is 18.3 Å². The van der Waals surface area contributed by atoms with Crippen LogP contribution in [0.3, 0.4) is 0 Å². The number of pyridine rings is 1. The molecule has 0 unspecified atom stereocenters. The van der Waals surface area contributed by atoms with E-state index in [9.17, 15) is 10.3 Å². The predicted molar refractivity (Wildman–Crippen MR) is 68.5 cm³/mol. The molecule has 0 amide bonds. The minimum absolute atomic E-state index is 0.113. The molecule has 0 saturated heterocycles. The zero-order valence-electron chi connectivity index (χ0n) is 11.4. The number of rotatable bonds is 4. The van der Waals surface area contributed by atoms with Gasteiger partial charge in [-0.25, -0.2) is 0 Å². The molecule has 1 aromatic rings. The van der Waals surface area contributed by atoms with Gasteiger partial charge in [-0.1, -0.05) is 27.7 Å². The Hall–Kier alpha value is -1.09. The first-order valence-corrected chi connectivity index (χ1v) is 6.19. The van der Waals surface area contributed by atoms with E-state index in [1.807, 2.05) is 40.7 Å². The zero-order valence-corrected chi connectivity index (χ0v) is 11.4. The first-order chi connectivity index (χ1) is 7.79. The number of aryl methyl sites for hydroxylation is 1. The lowest BCUT2D eigenvalue weighted by molar-refractivity contribution is -0.615. The van der Waals surface area contributed by atoms with Gasteiger partial charge in [0.25, 0.3) is 0 Å². The van der Waals surface area contributed by atoms with Gasteiger partial charge in [0.1, 0.15) is 0 Å². The van der Waals surface area contributed by atoms with Crippen LogP contribution in [-0.2, 0) is 6.42 Å². The first kappa shape index (κ1) is 14.0. The molecule has 0 radical (unpaired) electrons. The zero-order chi connectivity index (χ0) is 13.2. The van der Waals surface area contributed by atoms with Crippen LogP contribution in [0.5, 0.6) is 0 Å². The van der Waals surface area contributed by atoms with E-state index in [-0.39, 0.29) is 11.8 Å². The molecule has 0 bridgehead atoms. The summed E-state index contributed by atoms with van der Waals surface area (Å²) in [6.07, 6.45) is 1.89. The van der Waals surface area contributed by atoms with Crippen LogP contribution < -0.4 is 4.73 Å². The quantitative estimate of drug-likeness (QED) is 0.644. The average molecular weight is 237 g/mol. The summed E-state index contributed by atoms with van der Waals surface area (Å²) in [6, 6.07) is 3.64. The summed E-state index contributed by atoms with van der Waals surface area (Å²) in [4.78, 5) is 0. The Morgan fingerprint density at radius 1 is 1.29 bits per heavy atom. The number of aromatic nitrogens is 1. The van der Waals surface area contributed by atoms with Crippen molar-refractivity contribution >= 4 is 0 Å². The Kier molecular flexibility index (Phi) is 4.15. The number of aliphatic hydroxyl groups is 1. The van der Waals surface area contributed by atoms with Gasteiger partial charge < -0.3 is 10.3 Å². The molecule has 0 aliphatic rings. The van der Waals surface area contributed by atoms with E-state index in [0.717, 1.165) is 10.3 Å². The van der Waals surface area contributed by atoms with Crippen LogP contribution in [0.4, 0.5) is 0 Å². The van der Waals surface area contributed by atoms with Crippen molar-refractivity contribution in [3.05, 3.63) is 34.8 Å². The molecule has 0 aromatic carbocycles. The third kappa shape index (κ3) is 2.78. The summed E-state index contributed by atoms with van der Waals surface area (Å²) in [7, 11) is 0. The second kappa shape index (κ2) is 5.05. The number of nitrogens with zero attached hydrogens (tertiary/aromatic N) is 1. The molecule has 1 heterocycles. The monoisotopic (exact) mass is 237 g/mol. The number of hydrogen-bond acceptors (Lipinski definition) is 2. The number of hydrogen-bond donors (Lipinski definition) is 1. The molecule has 0 fully saturated rings. The molecule has 0 saturated carbocycles. The highest BCUT2D eigenvalue weighted by atomic mass is 16.5. The van der Waals surface area contributed by atoms with Crippen LogP contribution in [0.25, 0.3) is 0 Å². The molecular formula is C14H23NO2. The standard InChI is InChI=1S/C14H23NO2/c1-10(2)14(16,11(3)4)9-13-12(5)7-6-8-15(13)17/h6-8,10-11,16H,9H2,1-5H3. The fourth-order valence-corrected chi connectivity index (χ4v) is 2.19. The fourth-order valence-electron chi connectivity index (χ4n) is 2.19. The highest BCUT2D eigenvalue weighted by Crippen LogP contribution is 2.29. The molecule has 1 N–H and O–H groups in total. The van der Waals surface area contributed by atoms with Gasteiger partial charge in [0.05, 0.1) is 12.0 Å². The Labute approximate surface area is 104 Å². The molecule has 0 atom stereocenters. The van der Waals surface area contributed by atoms with Crippen molar-refractivity contribution in [1.82, 2.24) is 0 Å². The van der Waals surface area contributed by atoms with Crippen molar-refractivity contribution < 1.29 is 9.84 Å². The summed E-state index contributed by atoms with van der Waals surface area (Å²) in [5.74, 6) is 0.226. The van der Waals surface area contributed by atoms with E-state index in [2.05, 4.69) is 0 Å². The van der Waals surface area contributed by atoms with Crippen LogP contribution in [-0.4, -0.2) is 10.7 Å². The van der Waals surface area contributed by atoms with Crippen molar-refractivity contribution in [2.75, 3.05) is 0 Å². The van der Waals surface area contributed by atoms with Crippen LogP contribution in [0.2, 0.25) is 0 Å². The van der Waals surface area contributed by atoms with Crippen molar-refractivity contribution in [2.45, 2.75) is 46.6 Å². The maximum atomic E-state index is 11.8. The van der Waals surface area contributed by atoms with Gasteiger partial charge in [-0.05, 0) is 24.8 Å². The molecule has 0 spiro atoms. The van der Waals surface area contributed by atoms with Crippen LogP contribution in [0.1, 0.15) is 39.0 Å². The van der Waals surface area contributed by atoms with Gasteiger partial charge in [0.15, 0.2) is 11.9 Å². The highest BCUT2D eigenvalue weighted by Gasteiger charge is 2.37. The van der Waals surface area contributed by atoms with Crippen molar-refractivity contribution in [3.63, 3.8) is 0 Å². The minimum Gasteiger partial charge on any atom is -0.618 e. The smallest absolute Gasteiger partial charge is 0.198 e. The maximum absolute atomic E-state index is 11.8. The van der Waals surface area contributed by atoms with E-state index in [4.69, 9.17) is 0 Å². The minimum atomic E-state index is -0.835. The van der Waals surface area contributed by atoms with Crippen LogP contribution in [0, 0.1) is 24.0 Å². The van der Waals surface area contributed by atoms with Gasteiger partial charge in [-0.2, -0.15) is 4.73 Å². The van der Waals surface area contributed by atoms with Crippen molar-refractivity contribution in [3.8, 4) is 0 Å². The van der Waals surface area contributed by atoms with E-state index in [1.165, 1.54) is 6.20 Å². The molecule has 3 nitrogen and oxygen atoms in total. The molecule has 1 aromatic heterocycles. The molecular weight excluding hydrogens is 214 g/mol. The molecule has 0 aliphatic carbocycles. The summed E-state index contributed by atoms with van der Waals surface area (Å²) in [5, 5.41) is 22.5. The lowest BCUT2D eigenvalue weighted by Gasteiger charge is -2.35. The summed E-state index contributed by atoms with van der Waals surface area (Å²) >= 11 is 0. The Balaban J connectivity index is 3.11. The SMILES string of the molecule is Cc1ccc[n+]([O-])c1CC(O)(C(C)C)C(C)C. The van der Waals surface area contributed by atoms with E-state index in [0.29, 0.717) is 12.1 Å². The Bertz CT molecular complexity index is 358. The van der Waals surface area contributed by atoms with E-state index in [1.54, 1.807) is 6.07 Å². The summed E-state index contributed by atoms with van der Waals surface area (Å²) < 4.78 is 0.866. The van der Waals surface area contributed by atoms with E-state index < -0.39 is 5.60 Å². The van der Waals surface area contributed by atoms with E-state index >= 15 is 0 Å². The van der Waals surface area contributed by atoms with Gasteiger partial charge in [-0.3, -0.25) is 0 Å². The van der Waals surface area contributed by atoms with Crippen LogP contribution >= 0.6 is 0 Å².